The molecule has 1 aliphatic heterocycles. The van der Waals surface area contributed by atoms with Gasteiger partial charge in [-0.3, -0.25) is 9.59 Å². The van der Waals surface area contributed by atoms with Crippen molar-refractivity contribution in [3.05, 3.63) is 71.3 Å². The van der Waals surface area contributed by atoms with Crippen molar-refractivity contribution in [2.45, 2.75) is 45.1 Å². The zero-order chi connectivity index (χ0) is 19.2. The highest BCUT2D eigenvalue weighted by molar-refractivity contribution is 5.78. The summed E-state index contributed by atoms with van der Waals surface area (Å²) < 4.78 is 0. The van der Waals surface area contributed by atoms with Gasteiger partial charge in [-0.05, 0) is 36.5 Å². The third kappa shape index (κ3) is 4.97. The summed E-state index contributed by atoms with van der Waals surface area (Å²) in [6, 6.07) is 18.7. The monoisotopic (exact) mass is 364 g/mol. The highest BCUT2D eigenvalue weighted by atomic mass is 16.2. The number of nitrogens with one attached hydrogen (secondary N) is 1. The maximum absolute atomic E-state index is 12.8. The molecular weight excluding hydrogens is 336 g/mol. The van der Waals surface area contributed by atoms with Gasteiger partial charge in [0.1, 0.15) is 0 Å². The van der Waals surface area contributed by atoms with Crippen LogP contribution in [0, 0.1) is 6.92 Å². The van der Waals surface area contributed by atoms with E-state index in [1.807, 2.05) is 35.2 Å². The number of likely N-dealkylation sites (tertiary alicyclic amines) is 1. The van der Waals surface area contributed by atoms with Gasteiger partial charge in [-0.15, -0.1) is 0 Å². The molecule has 4 heteroatoms. The summed E-state index contributed by atoms with van der Waals surface area (Å²) in [5.41, 5.74) is 3.56. The van der Waals surface area contributed by atoms with Crippen molar-refractivity contribution in [1.29, 1.82) is 0 Å². The topological polar surface area (TPSA) is 49.4 Å². The van der Waals surface area contributed by atoms with E-state index in [-0.39, 0.29) is 23.8 Å². The van der Waals surface area contributed by atoms with E-state index < -0.39 is 0 Å². The molecule has 2 amide bonds. The lowest BCUT2D eigenvalue weighted by Crippen LogP contribution is -2.46. The molecule has 0 unspecified atom stereocenters. The number of hydrogen-bond acceptors (Lipinski definition) is 2. The Labute approximate surface area is 161 Å². The predicted molar refractivity (Wildman–Crippen MR) is 107 cm³/mol. The van der Waals surface area contributed by atoms with Gasteiger partial charge in [0, 0.05) is 38.4 Å². The molecule has 27 heavy (non-hydrogen) atoms. The molecule has 4 nitrogen and oxygen atoms in total. The lowest BCUT2D eigenvalue weighted by atomic mass is 9.85. The van der Waals surface area contributed by atoms with Gasteiger partial charge in [-0.25, -0.2) is 0 Å². The summed E-state index contributed by atoms with van der Waals surface area (Å²) in [7, 11) is 0. The molecule has 0 saturated carbocycles. The predicted octanol–water partition coefficient (Wildman–Crippen LogP) is 3.64. The summed E-state index contributed by atoms with van der Waals surface area (Å²) in [5.74, 6) is 0.238. The van der Waals surface area contributed by atoms with Gasteiger partial charge in [0.25, 0.3) is 0 Å². The lowest BCUT2D eigenvalue weighted by Gasteiger charge is -2.32. The number of rotatable bonds is 5. The second kappa shape index (κ2) is 8.85. The molecule has 2 aromatic rings. The molecule has 1 saturated heterocycles. The smallest absolute Gasteiger partial charge is 0.221 e. The zero-order valence-corrected chi connectivity index (χ0v) is 16.2. The Bertz CT molecular complexity index is 780. The molecule has 0 bridgehead atoms. The number of piperidine rings is 1. The van der Waals surface area contributed by atoms with Crippen LogP contribution in [0.4, 0.5) is 0 Å². The van der Waals surface area contributed by atoms with Crippen LogP contribution in [-0.2, 0) is 9.59 Å². The largest absolute Gasteiger partial charge is 0.353 e. The molecule has 1 fully saturated rings. The highest BCUT2D eigenvalue weighted by Crippen LogP contribution is 2.30. The minimum absolute atomic E-state index is 0.0460. The van der Waals surface area contributed by atoms with Crippen LogP contribution in [0.5, 0.6) is 0 Å². The number of nitrogens with zero attached hydrogens (tertiary/aromatic N) is 1. The van der Waals surface area contributed by atoms with Crippen molar-refractivity contribution < 1.29 is 9.59 Å². The van der Waals surface area contributed by atoms with Gasteiger partial charge in [0.05, 0.1) is 0 Å². The van der Waals surface area contributed by atoms with E-state index in [1.54, 1.807) is 6.92 Å². The molecular formula is C23H28N2O2. The van der Waals surface area contributed by atoms with Gasteiger partial charge in [0.2, 0.25) is 11.8 Å². The van der Waals surface area contributed by atoms with Crippen molar-refractivity contribution in [3.63, 3.8) is 0 Å². The fraction of sp³-hybridized carbons (Fsp3) is 0.391. The molecule has 1 heterocycles. The first-order chi connectivity index (χ1) is 13.0. The molecule has 3 rings (SSSR count). The summed E-state index contributed by atoms with van der Waals surface area (Å²) in [5, 5.41) is 3.19. The average molecular weight is 364 g/mol. The number of carbonyl (C=O) groups excluding carboxylic acids is 2. The SMILES string of the molecule is CC(=O)N1CCC(NC(=O)C[C@@H](c2ccccc2)c2ccccc2C)CC1. The summed E-state index contributed by atoms with van der Waals surface area (Å²) >= 11 is 0. The van der Waals surface area contributed by atoms with Crippen LogP contribution in [0.1, 0.15) is 48.8 Å². The van der Waals surface area contributed by atoms with Gasteiger partial charge < -0.3 is 10.2 Å². The number of aryl methyl sites for hydroxylation is 1. The molecule has 142 valence electrons. The average Bonchev–Trinajstić information content (AvgIpc) is 2.68. The number of hydrogen-bond donors (Lipinski definition) is 1. The van der Waals surface area contributed by atoms with E-state index in [0.717, 1.165) is 31.5 Å². The van der Waals surface area contributed by atoms with Crippen molar-refractivity contribution in [1.82, 2.24) is 10.2 Å². The summed E-state index contributed by atoms with van der Waals surface area (Å²) in [4.78, 5) is 26.1. The van der Waals surface area contributed by atoms with E-state index in [4.69, 9.17) is 0 Å². The molecule has 0 aromatic heterocycles. The Morgan fingerprint density at radius 1 is 1.04 bits per heavy atom. The Morgan fingerprint density at radius 3 is 2.30 bits per heavy atom. The zero-order valence-electron chi connectivity index (χ0n) is 16.2. The van der Waals surface area contributed by atoms with Gasteiger partial charge in [0.15, 0.2) is 0 Å². The first-order valence-corrected chi connectivity index (χ1v) is 9.70. The molecule has 0 aliphatic carbocycles. The summed E-state index contributed by atoms with van der Waals surface area (Å²) in [6.07, 6.45) is 2.08. The normalized spacial score (nSPS) is 16.0. The Kier molecular flexibility index (Phi) is 6.28. The standard InChI is InChI=1S/C23H28N2O2/c1-17-8-6-7-11-21(17)22(19-9-4-3-5-10-19)16-23(27)24-20-12-14-25(15-13-20)18(2)26/h3-11,20,22H,12-16H2,1-2H3,(H,24,27)/t22-/m0/s1. The second-order valence-electron chi connectivity index (χ2n) is 7.37. The van der Waals surface area contributed by atoms with E-state index >= 15 is 0 Å². The Hall–Kier alpha value is -2.62. The van der Waals surface area contributed by atoms with Crippen molar-refractivity contribution in [2.24, 2.45) is 0 Å². The van der Waals surface area contributed by atoms with Crippen LogP contribution in [-0.4, -0.2) is 35.8 Å². The summed E-state index contributed by atoms with van der Waals surface area (Å²) in [6.45, 7) is 5.15. The maximum Gasteiger partial charge on any atom is 0.221 e. The first-order valence-electron chi connectivity index (χ1n) is 9.70. The minimum atomic E-state index is 0.0460. The molecule has 0 radical (unpaired) electrons. The Morgan fingerprint density at radius 2 is 1.67 bits per heavy atom. The van der Waals surface area contributed by atoms with Crippen molar-refractivity contribution >= 4 is 11.8 Å². The van der Waals surface area contributed by atoms with Crippen LogP contribution in [0.2, 0.25) is 0 Å². The number of benzene rings is 2. The van der Waals surface area contributed by atoms with E-state index in [1.165, 1.54) is 11.1 Å². The van der Waals surface area contributed by atoms with Crippen LogP contribution in [0.25, 0.3) is 0 Å². The minimum Gasteiger partial charge on any atom is -0.353 e. The van der Waals surface area contributed by atoms with Crippen molar-refractivity contribution in [2.75, 3.05) is 13.1 Å². The third-order valence-electron chi connectivity index (χ3n) is 5.46. The number of carbonyl (C=O) groups is 2. The fourth-order valence-corrected chi connectivity index (χ4v) is 3.88. The second-order valence-corrected chi connectivity index (χ2v) is 7.37. The quantitative estimate of drug-likeness (QED) is 0.880. The van der Waals surface area contributed by atoms with E-state index in [2.05, 4.69) is 36.5 Å². The number of amides is 2. The van der Waals surface area contributed by atoms with Crippen LogP contribution < -0.4 is 5.32 Å². The third-order valence-corrected chi connectivity index (χ3v) is 5.46. The van der Waals surface area contributed by atoms with E-state index in [0.29, 0.717) is 6.42 Å². The van der Waals surface area contributed by atoms with Crippen LogP contribution in [0.15, 0.2) is 54.6 Å². The van der Waals surface area contributed by atoms with Gasteiger partial charge >= 0.3 is 0 Å². The van der Waals surface area contributed by atoms with Crippen molar-refractivity contribution in [3.8, 4) is 0 Å². The molecule has 1 atom stereocenters. The highest BCUT2D eigenvalue weighted by Gasteiger charge is 2.24. The Balaban J connectivity index is 1.69. The molecule has 2 aromatic carbocycles. The molecule has 1 aliphatic rings. The van der Waals surface area contributed by atoms with Gasteiger partial charge in [-0.1, -0.05) is 54.6 Å². The van der Waals surface area contributed by atoms with Gasteiger partial charge in [-0.2, -0.15) is 0 Å². The fourth-order valence-electron chi connectivity index (χ4n) is 3.88. The van der Waals surface area contributed by atoms with E-state index in [9.17, 15) is 9.59 Å². The maximum atomic E-state index is 12.8. The van der Waals surface area contributed by atoms with Crippen LogP contribution in [0.3, 0.4) is 0 Å². The molecule has 1 N–H and O–H groups in total. The molecule has 0 spiro atoms. The van der Waals surface area contributed by atoms with Crippen LogP contribution >= 0.6 is 0 Å². The first kappa shape index (κ1) is 19.2. The lowest BCUT2D eigenvalue weighted by molar-refractivity contribution is -0.130.